The van der Waals surface area contributed by atoms with Gasteiger partial charge in [-0.15, -0.1) is 11.3 Å². The summed E-state index contributed by atoms with van der Waals surface area (Å²) in [7, 11) is 0. The molecule has 0 amide bonds. The molecule has 1 aromatic heterocycles. The maximum Gasteiger partial charge on any atom is 0.0794 e. The van der Waals surface area contributed by atoms with Crippen molar-refractivity contribution in [3.8, 4) is 0 Å². The molecule has 0 saturated carbocycles. The highest BCUT2D eigenvalue weighted by atomic mass is 32.1. The summed E-state index contributed by atoms with van der Waals surface area (Å²) in [6.07, 6.45) is 2.33. The predicted molar refractivity (Wildman–Crippen MR) is 64.3 cm³/mol. The van der Waals surface area contributed by atoms with Gasteiger partial charge in [-0.25, -0.2) is 4.98 Å². The zero-order valence-corrected chi connectivity index (χ0v) is 10.1. The minimum absolute atomic E-state index is 0.689. The number of nitrogens with one attached hydrogen (secondary N) is 1. The van der Waals surface area contributed by atoms with E-state index in [9.17, 15) is 0 Å². The maximum absolute atomic E-state index is 4.32. The summed E-state index contributed by atoms with van der Waals surface area (Å²) >= 11 is 1.69. The molecular formula is C11H19N3S. The van der Waals surface area contributed by atoms with Crippen LogP contribution in [0.4, 0.5) is 0 Å². The van der Waals surface area contributed by atoms with Crippen LogP contribution >= 0.6 is 11.3 Å². The molecule has 0 aromatic carbocycles. The molecule has 1 unspecified atom stereocenters. The molecule has 1 atom stereocenters. The molecule has 0 spiro atoms. The number of hydrogen-bond donors (Lipinski definition) is 1. The van der Waals surface area contributed by atoms with Crippen molar-refractivity contribution in [2.75, 3.05) is 26.2 Å². The molecule has 1 N–H and O–H groups in total. The van der Waals surface area contributed by atoms with Gasteiger partial charge in [0.2, 0.25) is 0 Å². The summed E-state index contributed by atoms with van der Waals surface area (Å²) in [6, 6.07) is 0.689. The second-order valence-electron chi connectivity index (χ2n) is 4.09. The van der Waals surface area contributed by atoms with E-state index >= 15 is 0 Å². The molecule has 15 heavy (non-hydrogen) atoms. The Morgan fingerprint density at radius 3 is 3.33 bits per heavy atom. The lowest BCUT2D eigenvalue weighted by Crippen LogP contribution is -2.50. The summed E-state index contributed by atoms with van der Waals surface area (Å²) in [5, 5.41) is 5.69. The van der Waals surface area contributed by atoms with Crippen molar-refractivity contribution in [3.63, 3.8) is 0 Å². The molecule has 0 bridgehead atoms. The lowest BCUT2D eigenvalue weighted by Gasteiger charge is -2.33. The highest BCUT2D eigenvalue weighted by Gasteiger charge is 2.17. The third-order valence-electron chi connectivity index (χ3n) is 3.00. The van der Waals surface area contributed by atoms with Gasteiger partial charge in [0.05, 0.1) is 11.2 Å². The van der Waals surface area contributed by atoms with Crippen LogP contribution in [0.2, 0.25) is 0 Å². The van der Waals surface area contributed by atoms with Gasteiger partial charge < -0.3 is 10.2 Å². The van der Waals surface area contributed by atoms with Gasteiger partial charge in [0, 0.05) is 44.0 Å². The first-order valence-electron chi connectivity index (χ1n) is 5.71. The molecule has 4 heteroatoms. The van der Waals surface area contributed by atoms with Gasteiger partial charge >= 0.3 is 0 Å². The summed E-state index contributed by atoms with van der Waals surface area (Å²) in [4.78, 5) is 6.86. The molecule has 1 aliphatic rings. The van der Waals surface area contributed by atoms with Crippen LogP contribution in [0.15, 0.2) is 10.9 Å². The molecule has 1 aromatic rings. The second-order valence-corrected chi connectivity index (χ2v) is 4.81. The molecule has 84 valence electrons. The van der Waals surface area contributed by atoms with Crippen LogP contribution in [-0.2, 0) is 6.42 Å². The van der Waals surface area contributed by atoms with E-state index in [0.717, 1.165) is 19.5 Å². The number of hydrogen-bond acceptors (Lipinski definition) is 4. The number of thiazole rings is 1. The Labute approximate surface area is 95.5 Å². The monoisotopic (exact) mass is 225 g/mol. The molecule has 1 aliphatic heterocycles. The fourth-order valence-corrected chi connectivity index (χ4v) is 2.60. The minimum atomic E-state index is 0.689. The minimum Gasteiger partial charge on any atom is -0.311 e. The van der Waals surface area contributed by atoms with E-state index in [1.165, 1.54) is 25.2 Å². The first-order chi connectivity index (χ1) is 7.38. The molecule has 2 rings (SSSR count). The number of rotatable bonds is 4. The molecular weight excluding hydrogens is 206 g/mol. The summed E-state index contributed by atoms with van der Waals surface area (Å²) in [5.41, 5.74) is 3.16. The summed E-state index contributed by atoms with van der Waals surface area (Å²) < 4.78 is 0. The van der Waals surface area contributed by atoms with Gasteiger partial charge in [-0.05, 0) is 6.42 Å². The Morgan fingerprint density at radius 1 is 1.67 bits per heavy atom. The van der Waals surface area contributed by atoms with Crippen molar-refractivity contribution < 1.29 is 0 Å². The number of piperazine rings is 1. The third kappa shape index (κ3) is 3.26. The smallest absolute Gasteiger partial charge is 0.0794 e. The maximum atomic E-state index is 4.32. The molecule has 2 heterocycles. The third-order valence-corrected chi connectivity index (χ3v) is 3.64. The molecule has 1 fully saturated rings. The van der Waals surface area contributed by atoms with Crippen molar-refractivity contribution in [3.05, 3.63) is 16.6 Å². The first kappa shape index (κ1) is 11.0. The fraction of sp³-hybridized carbons (Fsp3) is 0.727. The van der Waals surface area contributed by atoms with Crippen LogP contribution in [0, 0.1) is 0 Å². The van der Waals surface area contributed by atoms with Gasteiger partial charge in [0.15, 0.2) is 0 Å². The van der Waals surface area contributed by atoms with Gasteiger partial charge in [-0.1, -0.05) is 6.92 Å². The molecule has 1 saturated heterocycles. The van der Waals surface area contributed by atoms with E-state index in [1.54, 1.807) is 11.3 Å². The average Bonchev–Trinajstić information content (AvgIpc) is 2.79. The lowest BCUT2D eigenvalue weighted by molar-refractivity contribution is 0.199. The largest absolute Gasteiger partial charge is 0.311 e. The number of nitrogens with zero attached hydrogens (tertiary/aromatic N) is 2. The van der Waals surface area contributed by atoms with Crippen molar-refractivity contribution in [1.29, 1.82) is 0 Å². The first-order valence-corrected chi connectivity index (χ1v) is 6.65. The van der Waals surface area contributed by atoms with Crippen molar-refractivity contribution in [1.82, 2.24) is 15.2 Å². The zero-order valence-electron chi connectivity index (χ0n) is 9.28. The normalized spacial score (nSPS) is 23.1. The van der Waals surface area contributed by atoms with Crippen molar-refractivity contribution in [2.45, 2.75) is 25.8 Å². The lowest BCUT2D eigenvalue weighted by atomic mass is 10.1. The van der Waals surface area contributed by atoms with E-state index in [4.69, 9.17) is 0 Å². The highest BCUT2D eigenvalue weighted by molar-refractivity contribution is 7.07. The van der Waals surface area contributed by atoms with Crippen LogP contribution in [0.1, 0.15) is 19.0 Å². The van der Waals surface area contributed by atoms with E-state index in [-0.39, 0.29) is 0 Å². The Morgan fingerprint density at radius 2 is 2.60 bits per heavy atom. The van der Waals surface area contributed by atoms with Gasteiger partial charge in [-0.3, -0.25) is 0 Å². The topological polar surface area (TPSA) is 28.2 Å². The van der Waals surface area contributed by atoms with Crippen molar-refractivity contribution in [2.24, 2.45) is 0 Å². The fourth-order valence-electron chi connectivity index (χ4n) is 2.00. The second kappa shape index (κ2) is 5.58. The average molecular weight is 225 g/mol. The molecule has 0 aliphatic carbocycles. The Bertz CT molecular complexity index is 273. The van der Waals surface area contributed by atoms with E-state index in [2.05, 4.69) is 27.5 Å². The van der Waals surface area contributed by atoms with Gasteiger partial charge in [0.1, 0.15) is 0 Å². The predicted octanol–water partition coefficient (Wildman–Crippen LogP) is 1.37. The van der Waals surface area contributed by atoms with Gasteiger partial charge in [-0.2, -0.15) is 0 Å². The quantitative estimate of drug-likeness (QED) is 0.839. The standard InChI is InChI=1S/C11H19N3S/c1-2-10-7-14(6-4-12-10)5-3-11-8-15-9-13-11/h8-10,12H,2-7H2,1H3. The Hall–Kier alpha value is -0.450. The van der Waals surface area contributed by atoms with Crippen LogP contribution in [0.25, 0.3) is 0 Å². The number of aromatic nitrogens is 1. The SMILES string of the molecule is CCC1CN(CCc2cscn2)CCN1. The summed E-state index contributed by atoms with van der Waals surface area (Å²) in [6.45, 7) is 6.92. The Balaban J connectivity index is 1.74. The van der Waals surface area contributed by atoms with Crippen LogP contribution in [-0.4, -0.2) is 42.1 Å². The van der Waals surface area contributed by atoms with E-state index in [0.29, 0.717) is 6.04 Å². The highest BCUT2D eigenvalue weighted by Crippen LogP contribution is 2.06. The molecule has 0 radical (unpaired) electrons. The van der Waals surface area contributed by atoms with Crippen LogP contribution in [0.3, 0.4) is 0 Å². The Kier molecular flexibility index (Phi) is 4.11. The van der Waals surface area contributed by atoms with E-state index in [1.807, 2.05) is 5.51 Å². The zero-order chi connectivity index (χ0) is 10.5. The van der Waals surface area contributed by atoms with Crippen LogP contribution in [0.5, 0.6) is 0 Å². The summed E-state index contributed by atoms with van der Waals surface area (Å²) in [5.74, 6) is 0. The van der Waals surface area contributed by atoms with Crippen molar-refractivity contribution >= 4 is 11.3 Å². The molecule has 3 nitrogen and oxygen atoms in total. The van der Waals surface area contributed by atoms with Gasteiger partial charge in [0.25, 0.3) is 0 Å². The van der Waals surface area contributed by atoms with E-state index < -0.39 is 0 Å². The van der Waals surface area contributed by atoms with Crippen LogP contribution < -0.4 is 5.32 Å².